The molecule has 0 aliphatic carbocycles. The van der Waals surface area contributed by atoms with E-state index in [0.29, 0.717) is 6.42 Å². The highest BCUT2D eigenvalue weighted by atomic mass is 32.2. The Bertz CT molecular complexity index is 286. The summed E-state index contributed by atoms with van der Waals surface area (Å²) in [6.07, 6.45) is 1.48. The Kier molecular flexibility index (Phi) is 5.54. The molecule has 0 aromatic rings. The van der Waals surface area contributed by atoms with Crippen molar-refractivity contribution in [3.63, 3.8) is 0 Å². The predicted octanol–water partition coefficient (Wildman–Crippen LogP) is 0.769. The lowest BCUT2D eigenvalue weighted by atomic mass is 10.2. The molecule has 0 aromatic carbocycles. The standard InChI is InChI=1S/C8H18N2O2S2/c1-4-5-7(8(9)13)10-14(11,12)6(2)3/h6-7,10H,4-5H2,1-3H3,(H2,9,13). The van der Waals surface area contributed by atoms with Crippen LogP contribution in [0, 0.1) is 0 Å². The lowest BCUT2D eigenvalue weighted by Gasteiger charge is -2.18. The fraction of sp³-hybridized carbons (Fsp3) is 0.875. The van der Waals surface area contributed by atoms with Gasteiger partial charge in [-0.25, -0.2) is 13.1 Å². The second kappa shape index (κ2) is 5.63. The maximum Gasteiger partial charge on any atom is 0.214 e. The van der Waals surface area contributed by atoms with Gasteiger partial charge in [0.15, 0.2) is 0 Å². The highest BCUT2D eigenvalue weighted by molar-refractivity contribution is 7.90. The first-order valence-electron chi connectivity index (χ1n) is 4.61. The zero-order chi connectivity index (χ0) is 11.4. The van der Waals surface area contributed by atoms with Crippen molar-refractivity contribution < 1.29 is 8.42 Å². The van der Waals surface area contributed by atoms with Crippen LogP contribution < -0.4 is 10.5 Å². The minimum atomic E-state index is -3.28. The summed E-state index contributed by atoms with van der Waals surface area (Å²) in [4.78, 5) is 0.205. The third-order valence-corrected chi connectivity index (χ3v) is 3.99. The number of rotatable bonds is 6. The van der Waals surface area contributed by atoms with Crippen LogP contribution in [0.3, 0.4) is 0 Å². The summed E-state index contributed by atoms with van der Waals surface area (Å²) in [5.74, 6) is 0. The van der Waals surface area contributed by atoms with Crippen molar-refractivity contribution in [1.82, 2.24) is 4.72 Å². The quantitative estimate of drug-likeness (QED) is 0.670. The van der Waals surface area contributed by atoms with E-state index in [0.717, 1.165) is 6.42 Å². The van der Waals surface area contributed by atoms with E-state index in [2.05, 4.69) is 4.72 Å². The van der Waals surface area contributed by atoms with E-state index in [1.54, 1.807) is 13.8 Å². The summed E-state index contributed by atoms with van der Waals surface area (Å²) in [6.45, 7) is 5.19. The van der Waals surface area contributed by atoms with E-state index in [1.807, 2.05) is 6.92 Å². The van der Waals surface area contributed by atoms with Gasteiger partial charge in [-0.15, -0.1) is 0 Å². The summed E-state index contributed by atoms with van der Waals surface area (Å²) in [7, 11) is -3.28. The molecule has 1 unspecified atom stereocenters. The van der Waals surface area contributed by atoms with Gasteiger partial charge in [-0.3, -0.25) is 0 Å². The average molecular weight is 238 g/mol. The molecule has 1 atom stereocenters. The molecule has 3 N–H and O–H groups in total. The molecule has 0 saturated heterocycles. The molecule has 4 nitrogen and oxygen atoms in total. The van der Waals surface area contributed by atoms with Gasteiger partial charge in [-0.05, 0) is 20.3 Å². The number of thiocarbonyl (C=S) groups is 1. The molecule has 84 valence electrons. The monoisotopic (exact) mass is 238 g/mol. The van der Waals surface area contributed by atoms with Gasteiger partial charge in [0, 0.05) is 0 Å². The van der Waals surface area contributed by atoms with Crippen molar-refractivity contribution in [1.29, 1.82) is 0 Å². The van der Waals surface area contributed by atoms with Crippen LogP contribution in [0.5, 0.6) is 0 Å². The fourth-order valence-electron chi connectivity index (χ4n) is 0.882. The van der Waals surface area contributed by atoms with Crippen LogP contribution in [0.15, 0.2) is 0 Å². The molecule has 0 aliphatic rings. The van der Waals surface area contributed by atoms with E-state index >= 15 is 0 Å². The second-order valence-corrected chi connectivity index (χ2v) is 6.20. The Balaban J connectivity index is 4.53. The molecule has 0 amide bonds. The maximum atomic E-state index is 11.5. The van der Waals surface area contributed by atoms with Crippen molar-refractivity contribution in [2.75, 3.05) is 0 Å². The molecule has 0 heterocycles. The highest BCUT2D eigenvalue weighted by Crippen LogP contribution is 2.03. The number of hydrogen-bond acceptors (Lipinski definition) is 3. The molecule has 0 aliphatic heterocycles. The summed E-state index contributed by atoms with van der Waals surface area (Å²) < 4.78 is 25.5. The molecular formula is C8H18N2O2S2. The Labute approximate surface area is 91.3 Å². The molecule has 0 radical (unpaired) electrons. The largest absolute Gasteiger partial charge is 0.392 e. The number of hydrogen-bond donors (Lipinski definition) is 2. The number of sulfonamides is 1. The van der Waals surface area contributed by atoms with Gasteiger partial charge in [0.1, 0.15) is 0 Å². The molecule has 0 rings (SSSR count). The van der Waals surface area contributed by atoms with Gasteiger partial charge >= 0.3 is 0 Å². The van der Waals surface area contributed by atoms with Crippen molar-refractivity contribution in [3.05, 3.63) is 0 Å². The normalized spacial score (nSPS) is 14.3. The summed E-state index contributed by atoms with van der Waals surface area (Å²) >= 11 is 4.79. The molecule has 0 bridgehead atoms. The first-order valence-corrected chi connectivity index (χ1v) is 6.57. The van der Waals surface area contributed by atoms with Crippen LogP contribution in [0.25, 0.3) is 0 Å². The van der Waals surface area contributed by atoms with Crippen LogP contribution in [-0.4, -0.2) is 24.7 Å². The number of nitrogens with one attached hydrogen (secondary N) is 1. The van der Waals surface area contributed by atoms with Crippen molar-refractivity contribution >= 4 is 27.2 Å². The van der Waals surface area contributed by atoms with E-state index in [9.17, 15) is 8.42 Å². The SMILES string of the molecule is CCCC(NS(=O)(=O)C(C)C)C(N)=S. The van der Waals surface area contributed by atoms with Gasteiger partial charge in [0.25, 0.3) is 0 Å². The third-order valence-electron chi connectivity index (χ3n) is 1.85. The van der Waals surface area contributed by atoms with Gasteiger partial charge in [0.2, 0.25) is 10.0 Å². The molecule has 6 heteroatoms. The van der Waals surface area contributed by atoms with Crippen molar-refractivity contribution in [2.24, 2.45) is 5.73 Å². The Morgan fingerprint density at radius 2 is 2.00 bits per heavy atom. The zero-order valence-corrected chi connectivity index (χ0v) is 10.4. The number of nitrogens with two attached hydrogens (primary N) is 1. The molecule has 0 aromatic heterocycles. The van der Waals surface area contributed by atoms with Crippen LogP contribution in [0.2, 0.25) is 0 Å². The smallest absolute Gasteiger partial charge is 0.214 e. The minimum Gasteiger partial charge on any atom is -0.392 e. The Hall–Kier alpha value is -0.200. The summed E-state index contributed by atoms with van der Waals surface area (Å²) in [6, 6.07) is -0.414. The topological polar surface area (TPSA) is 72.2 Å². The van der Waals surface area contributed by atoms with E-state index in [-0.39, 0.29) is 4.99 Å². The van der Waals surface area contributed by atoms with Gasteiger partial charge in [0.05, 0.1) is 16.3 Å². The van der Waals surface area contributed by atoms with E-state index in [4.69, 9.17) is 18.0 Å². The molecular weight excluding hydrogens is 220 g/mol. The first-order chi connectivity index (χ1) is 6.31. The van der Waals surface area contributed by atoms with Crippen molar-refractivity contribution in [2.45, 2.75) is 44.9 Å². The molecule has 0 fully saturated rings. The molecule has 0 saturated carbocycles. The predicted molar refractivity (Wildman–Crippen MR) is 62.7 cm³/mol. The van der Waals surface area contributed by atoms with Crippen LogP contribution >= 0.6 is 12.2 Å². The lowest BCUT2D eigenvalue weighted by molar-refractivity contribution is 0.558. The average Bonchev–Trinajstić information content (AvgIpc) is 2.02. The first kappa shape index (κ1) is 13.8. The van der Waals surface area contributed by atoms with Crippen LogP contribution in [-0.2, 0) is 10.0 Å². The van der Waals surface area contributed by atoms with Crippen molar-refractivity contribution in [3.8, 4) is 0 Å². The highest BCUT2D eigenvalue weighted by Gasteiger charge is 2.22. The van der Waals surface area contributed by atoms with Crippen LogP contribution in [0.4, 0.5) is 0 Å². The Morgan fingerprint density at radius 3 is 2.29 bits per heavy atom. The molecule has 14 heavy (non-hydrogen) atoms. The second-order valence-electron chi connectivity index (χ2n) is 3.46. The van der Waals surface area contributed by atoms with Gasteiger partial charge < -0.3 is 5.73 Å². The fourth-order valence-corrected chi connectivity index (χ4v) is 2.05. The van der Waals surface area contributed by atoms with E-state index in [1.165, 1.54) is 0 Å². The summed E-state index contributed by atoms with van der Waals surface area (Å²) in [5, 5.41) is -0.462. The summed E-state index contributed by atoms with van der Waals surface area (Å²) in [5.41, 5.74) is 5.43. The minimum absolute atomic E-state index is 0.205. The van der Waals surface area contributed by atoms with E-state index < -0.39 is 21.3 Å². The van der Waals surface area contributed by atoms with Gasteiger partial charge in [-0.1, -0.05) is 25.6 Å². The Morgan fingerprint density at radius 1 is 1.50 bits per heavy atom. The van der Waals surface area contributed by atoms with Crippen LogP contribution in [0.1, 0.15) is 33.6 Å². The zero-order valence-electron chi connectivity index (χ0n) is 8.78. The third kappa shape index (κ3) is 4.34. The molecule has 0 spiro atoms. The lowest BCUT2D eigenvalue weighted by Crippen LogP contribution is -2.45. The van der Waals surface area contributed by atoms with Gasteiger partial charge in [-0.2, -0.15) is 0 Å². The maximum absolute atomic E-state index is 11.5.